The van der Waals surface area contributed by atoms with E-state index < -0.39 is 6.61 Å². The van der Waals surface area contributed by atoms with Gasteiger partial charge < -0.3 is 15.4 Å². The zero-order valence-corrected chi connectivity index (χ0v) is 12.7. The number of ether oxygens (including phenoxy) is 1. The van der Waals surface area contributed by atoms with Crippen molar-refractivity contribution in [3.05, 3.63) is 60.2 Å². The standard InChI is InChI=1S/C16H16F2N2OS/c1-11(12-7-3-2-4-8-12)19-16(22)20-13-9-5-6-10-14(13)21-15(17)18/h2-11,15H,1H3,(H2,19,20,22)/t11-/m0/s1. The molecule has 0 heterocycles. The average molecular weight is 322 g/mol. The summed E-state index contributed by atoms with van der Waals surface area (Å²) >= 11 is 5.22. The third kappa shape index (κ3) is 4.66. The molecule has 0 aromatic heterocycles. The van der Waals surface area contributed by atoms with Crippen molar-refractivity contribution in [3.63, 3.8) is 0 Å². The monoisotopic (exact) mass is 322 g/mol. The second kappa shape index (κ2) is 7.70. The Labute approximate surface area is 133 Å². The van der Waals surface area contributed by atoms with Crippen molar-refractivity contribution in [2.75, 3.05) is 5.32 Å². The van der Waals surface area contributed by atoms with Crippen LogP contribution in [0.5, 0.6) is 5.75 Å². The fraction of sp³-hybridized carbons (Fsp3) is 0.188. The van der Waals surface area contributed by atoms with E-state index in [9.17, 15) is 8.78 Å². The van der Waals surface area contributed by atoms with Crippen molar-refractivity contribution < 1.29 is 13.5 Å². The second-order valence-electron chi connectivity index (χ2n) is 4.61. The van der Waals surface area contributed by atoms with Crippen LogP contribution < -0.4 is 15.4 Å². The van der Waals surface area contributed by atoms with Crippen molar-refractivity contribution in [2.24, 2.45) is 0 Å². The van der Waals surface area contributed by atoms with E-state index in [1.807, 2.05) is 37.3 Å². The van der Waals surface area contributed by atoms with Crippen LogP contribution in [0.3, 0.4) is 0 Å². The van der Waals surface area contributed by atoms with Gasteiger partial charge in [0.05, 0.1) is 11.7 Å². The molecule has 2 aromatic carbocycles. The quantitative estimate of drug-likeness (QED) is 0.803. The Kier molecular flexibility index (Phi) is 5.66. The predicted molar refractivity (Wildman–Crippen MR) is 87.3 cm³/mol. The molecule has 2 N–H and O–H groups in total. The number of thiocarbonyl (C=S) groups is 1. The summed E-state index contributed by atoms with van der Waals surface area (Å²) in [6.07, 6.45) is 0. The van der Waals surface area contributed by atoms with Crippen LogP contribution in [0.25, 0.3) is 0 Å². The number of hydrogen-bond acceptors (Lipinski definition) is 2. The molecule has 116 valence electrons. The molecule has 0 unspecified atom stereocenters. The molecule has 0 saturated heterocycles. The van der Waals surface area contributed by atoms with Gasteiger partial charge in [0, 0.05) is 0 Å². The summed E-state index contributed by atoms with van der Waals surface area (Å²) in [7, 11) is 0. The van der Waals surface area contributed by atoms with Gasteiger partial charge in [-0.05, 0) is 36.8 Å². The van der Waals surface area contributed by atoms with Gasteiger partial charge in [0.2, 0.25) is 0 Å². The number of alkyl halides is 2. The summed E-state index contributed by atoms with van der Waals surface area (Å²) in [4.78, 5) is 0. The first-order valence-corrected chi connectivity index (χ1v) is 7.13. The van der Waals surface area contributed by atoms with Crippen LogP contribution in [0.15, 0.2) is 54.6 Å². The zero-order chi connectivity index (χ0) is 15.9. The number of benzene rings is 2. The summed E-state index contributed by atoms with van der Waals surface area (Å²) < 4.78 is 29.2. The van der Waals surface area contributed by atoms with Crippen molar-refractivity contribution in [1.29, 1.82) is 0 Å². The van der Waals surface area contributed by atoms with Gasteiger partial charge in [-0.3, -0.25) is 0 Å². The highest BCUT2D eigenvalue weighted by molar-refractivity contribution is 7.80. The number of para-hydroxylation sites is 2. The first-order chi connectivity index (χ1) is 10.6. The maximum Gasteiger partial charge on any atom is 0.387 e. The molecule has 0 aliphatic rings. The van der Waals surface area contributed by atoms with Crippen LogP contribution in [0.2, 0.25) is 0 Å². The van der Waals surface area contributed by atoms with Gasteiger partial charge in [-0.2, -0.15) is 8.78 Å². The van der Waals surface area contributed by atoms with Crippen LogP contribution in [0.4, 0.5) is 14.5 Å². The highest BCUT2D eigenvalue weighted by atomic mass is 32.1. The summed E-state index contributed by atoms with van der Waals surface area (Å²) in [6, 6.07) is 16.2. The van der Waals surface area contributed by atoms with Crippen LogP contribution >= 0.6 is 12.2 Å². The fourth-order valence-corrected chi connectivity index (χ4v) is 2.24. The summed E-state index contributed by atoms with van der Waals surface area (Å²) in [5.74, 6) is 0.0500. The molecule has 0 aliphatic heterocycles. The maximum absolute atomic E-state index is 12.4. The highest BCUT2D eigenvalue weighted by Crippen LogP contribution is 2.25. The number of anilines is 1. The molecule has 2 aromatic rings. The first-order valence-electron chi connectivity index (χ1n) is 6.72. The van der Waals surface area contributed by atoms with E-state index in [0.717, 1.165) is 5.56 Å². The molecule has 0 bridgehead atoms. The Hall–Kier alpha value is -2.21. The van der Waals surface area contributed by atoms with E-state index in [2.05, 4.69) is 15.4 Å². The molecular formula is C16H16F2N2OS. The first kappa shape index (κ1) is 16.2. The Morgan fingerprint density at radius 2 is 1.68 bits per heavy atom. The molecule has 0 fully saturated rings. The Morgan fingerprint density at radius 1 is 1.05 bits per heavy atom. The molecule has 0 saturated carbocycles. The third-order valence-corrected chi connectivity index (χ3v) is 3.22. The Bertz CT molecular complexity index is 623. The minimum atomic E-state index is -2.88. The van der Waals surface area contributed by atoms with E-state index in [-0.39, 0.29) is 11.8 Å². The van der Waals surface area contributed by atoms with Crippen LogP contribution in [0, 0.1) is 0 Å². The molecule has 1 atom stereocenters. The summed E-state index contributed by atoms with van der Waals surface area (Å²) in [5, 5.41) is 6.32. The lowest BCUT2D eigenvalue weighted by atomic mass is 10.1. The average Bonchev–Trinajstić information content (AvgIpc) is 2.49. The van der Waals surface area contributed by atoms with Gasteiger partial charge in [0.1, 0.15) is 5.75 Å². The summed E-state index contributed by atoms with van der Waals surface area (Å²) in [5.41, 5.74) is 1.46. The number of halogens is 2. The van der Waals surface area contributed by atoms with Crippen molar-refractivity contribution in [1.82, 2.24) is 5.32 Å². The van der Waals surface area contributed by atoms with Crippen LogP contribution in [-0.4, -0.2) is 11.7 Å². The molecule has 22 heavy (non-hydrogen) atoms. The Balaban J connectivity index is 2.00. The molecule has 6 heteroatoms. The molecule has 0 aliphatic carbocycles. The van der Waals surface area contributed by atoms with Gasteiger partial charge in [0.25, 0.3) is 0 Å². The number of hydrogen-bond donors (Lipinski definition) is 2. The molecule has 2 rings (SSSR count). The maximum atomic E-state index is 12.4. The SMILES string of the molecule is C[C@H](NC(=S)Nc1ccccc1OC(F)F)c1ccccc1. The number of rotatable bonds is 5. The van der Waals surface area contributed by atoms with Gasteiger partial charge in [-0.1, -0.05) is 42.5 Å². The van der Waals surface area contributed by atoms with E-state index in [0.29, 0.717) is 10.8 Å². The molecule has 3 nitrogen and oxygen atoms in total. The number of nitrogens with one attached hydrogen (secondary N) is 2. The van der Waals surface area contributed by atoms with E-state index in [1.54, 1.807) is 18.2 Å². The predicted octanol–water partition coefficient (Wildman–Crippen LogP) is 4.34. The van der Waals surface area contributed by atoms with E-state index in [4.69, 9.17) is 12.2 Å². The van der Waals surface area contributed by atoms with Crippen molar-refractivity contribution in [2.45, 2.75) is 19.6 Å². The summed E-state index contributed by atoms with van der Waals surface area (Å²) in [6.45, 7) is -0.919. The normalized spacial score (nSPS) is 11.8. The minimum absolute atomic E-state index is 0.00983. The van der Waals surface area contributed by atoms with Crippen molar-refractivity contribution in [3.8, 4) is 5.75 Å². The van der Waals surface area contributed by atoms with Gasteiger partial charge in [-0.15, -0.1) is 0 Å². The Morgan fingerprint density at radius 3 is 2.36 bits per heavy atom. The third-order valence-electron chi connectivity index (χ3n) is 3.00. The fourth-order valence-electron chi connectivity index (χ4n) is 1.95. The van der Waals surface area contributed by atoms with Gasteiger partial charge >= 0.3 is 6.61 Å². The zero-order valence-electron chi connectivity index (χ0n) is 11.9. The molecule has 0 spiro atoms. The lowest BCUT2D eigenvalue weighted by molar-refractivity contribution is -0.0493. The van der Waals surface area contributed by atoms with E-state index in [1.165, 1.54) is 6.07 Å². The van der Waals surface area contributed by atoms with Gasteiger partial charge in [0.15, 0.2) is 5.11 Å². The highest BCUT2D eigenvalue weighted by Gasteiger charge is 2.11. The smallest absolute Gasteiger partial charge is 0.387 e. The molecule has 0 radical (unpaired) electrons. The van der Waals surface area contributed by atoms with Gasteiger partial charge in [-0.25, -0.2) is 0 Å². The molecule has 0 amide bonds. The van der Waals surface area contributed by atoms with Crippen LogP contribution in [0.1, 0.15) is 18.5 Å². The molecular weight excluding hydrogens is 306 g/mol. The lowest BCUT2D eigenvalue weighted by Gasteiger charge is -2.18. The lowest BCUT2D eigenvalue weighted by Crippen LogP contribution is -2.31. The topological polar surface area (TPSA) is 33.3 Å². The van der Waals surface area contributed by atoms with Crippen molar-refractivity contribution >= 4 is 23.0 Å². The largest absolute Gasteiger partial charge is 0.433 e. The minimum Gasteiger partial charge on any atom is -0.433 e. The van der Waals surface area contributed by atoms with Crippen LogP contribution in [-0.2, 0) is 0 Å². The van der Waals surface area contributed by atoms with E-state index >= 15 is 0 Å². The second-order valence-corrected chi connectivity index (χ2v) is 5.01.